The first-order valence-electron chi connectivity index (χ1n) is 13.6. The Balaban J connectivity index is 0.00000111. The largest absolute Gasteiger partial charge is 0.340 e. The van der Waals surface area contributed by atoms with Gasteiger partial charge in [-0.3, -0.25) is 15.1 Å². The number of hydrogen-bond donors (Lipinski definition) is 3. The van der Waals surface area contributed by atoms with E-state index in [0.717, 1.165) is 56.5 Å². The minimum Gasteiger partial charge on any atom is -0.340 e. The number of fused-ring (bicyclic) bond motifs is 1. The molecule has 7 nitrogen and oxygen atoms in total. The van der Waals surface area contributed by atoms with Gasteiger partial charge in [0.2, 0.25) is 0 Å². The Hall–Kier alpha value is -4.69. The van der Waals surface area contributed by atoms with E-state index in [1.54, 1.807) is 12.3 Å². The van der Waals surface area contributed by atoms with E-state index in [1.165, 1.54) is 12.1 Å². The van der Waals surface area contributed by atoms with Gasteiger partial charge >= 0.3 is 0 Å². The maximum absolute atomic E-state index is 14.5. The lowest BCUT2D eigenvalue weighted by Crippen LogP contribution is -2.06. The number of H-pyrrole nitrogens is 2. The molecule has 0 radical (unpaired) electrons. The second kappa shape index (κ2) is 14.6. The van der Waals surface area contributed by atoms with E-state index in [1.807, 2.05) is 58.4 Å². The fourth-order valence-corrected chi connectivity index (χ4v) is 4.45. The van der Waals surface area contributed by atoms with Crippen LogP contribution in [0, 0.1) is 12.7 Å². The van der Waals surface area contributed by atoms with Gasteiger partial charge in [0.15, 0.2) is 5.82 Å². The molecule has 8 heteroatoms. The molecule has 0 atom stereocenters. The standard InChI is InChI=1S/C29H28FN7.C2H6.C2H4/c1-5-7-23(20-9-19(13-31-4)10-22(30)11-20)27-17(3)34-29(35-27)28-24-12-25(33-16-26(24)36-37-28)21-8-18(6-2)14-32-15-21;2*1-2/h5,7-12,14-16,31H,1,6,13H2,2-4H3,(H,34,35)(H,36,37);1-2H3;1-2H2/b23-7-;;. The first kappa shape index (κ1) is 30.8. The molecule has 0 saturated carbocycles. The summed E-state index contributed by atoms with van der Waals surface area (Å²) in [6.45, 7) is 18.5. The molecular weight excluding hydrogens is 513 g/mol. The van der Waals surface area contributed by atoms with Gasteiger partial charge in [0.1, 0.15) is 11.5 Å². The lowest BCUT2D eigenvalue weighted by molar-refractivity contribution is 0.623. The monoisotopic (exact) mass is 551 g/mol. The van der Waals surface area contributed by atoms with E-state index >= 15 is 0 Å². The van der Waals surface area contributed by atoms with Crippen LogP contribution in [0.5, 0.6) is 0 Å². The number of aromatic amines is 2. The number of nitrogens with zero attached hydrogens (tertiary/aromatic N) is 4. The minimum atomic E-state index is -0.300. The number of halogens is 1. The van der Waals surface area contributed by atoms with Crippen molar-refractivity contribution in [2.45, 2.75) is 40.7 Å². The van der Waals surface area contributed by atoms with E-state index in [4.69, 9.17) is 4.98 Å². The Morgan fingerprint density at radius 1 is 1.05 bits per heavy atom. The van der Waals surface area contributed by atoms with Gasteiger partial charge in [0.05, 0.1) is 23.1 Å². The van der Waals surface area contributed by atoms with Crippen LogP contribution in [0.2, 0.25) is 0 Å². The SMILES string of the molecule is C=C.C=C/C=C(/c1cc(F)cc(CNC)c1)c1nc(-c2n[nH]c3cnc(-c4cncc(CC)c4)cc23)[nH]c1C.CC. The molecule has 0 spiro atoms. The molecule has 0 aliphatic rings. The van der Waals surface area contributed by atoms with Crippen LogP contribution in [0.25, 0.3) is 39.3 Å². The van der Waals surface area contributed by atoms with Gasteiger partial charge < -0.3 is 10.3 Å². The van der Waals surface area contributed by atoms with Gasteiger partial charge in [-0.1, -0.05) is 39.5 Å². The second-order valence-corrected chi connectivity index (χ2v) is 8.88. The summed E-state index contributed by atoms with van der Waals surface area (Å²) >= 11 is 0. The molecule has 3 N–H and O–H groups in total. The van der Waals surface area contributed by atoms with Crippen molar-refractivity contribution in [1.82, 2.24) is 35.5 Å². The van der Waals surface area contributed by atoms with Crippen LogP contribution in [0.1, 0.15) is 48.8 Å². The summed E-state index contributed by atoms with van der Waals surface area (Å²) in [5.41, 5.74) is 8.29. The lowest BCUT2D eigenvalue weighted by Gasteiger charge is -2.09. The predicted octanol–water partition coefficient (Wildman–Crippen LogP) is 7.59. The molecule has 0 saturated heterocycles. The van der Waals surface area contributed by atoms with Crippen LogP contribution >= 0.6 is 0 Å². The van der Waals surface area contributed by atoms with Gasteiger partial charge in [0, 0.05) is 41.2 Å². The van der Waals surface area contributed by atoms with Crippen LogP contribution in [-0.4, -0.2) is 37.2 Å². The Kier molecular flexibility index (Phi) is 11.0. The first-order valence-corrected chi connectivity index (χ1v) is 13.6. The van der Waals surface area contributed by atoms with Crippen molar-refractivity contribution in [2.24, 2.45) is 0 Å². The summed E-state index contributed by atoms with van der Waals surface area (Å²) in [4.78, 5) is 17.2. The number of nitrogens with one attached hydrogen (secondary N) is 3. The molecular formula is C33H38FN7. The Labute approximate surface area is 241 Å². The maximum Gasteiger partial charge on any atom is 0.159 e. The zero-order chi connectivity index (χ0) is 29.9. The molecule has 5 rings (SSSR count). The smallest absolute Gasteiger partial charge is 0.159 e. The molecule has 1 aromatic carbocycles. The molecule has 41 heavy (non-hydrogen) atoms. The molecule has 212 valence electrons. The van der Waals surface area contributed by atoms with Gasteiger partial charge in [0.25, 0.3) is 0 Å². The number of pyridine rings is 2. The van der Waals surface area contributed by atoms with Crippen molar-refractivity contribution in [3.05, 3.63) is 115 Å². The number of hydrogen-bond acceptors (Lipinski definition) is 5. The molecule has 0 fully saturated rings. The van der Waals surface area contributed by atoms with Crippen molar-refractivity contribution in [1.29, 1.82) is 0 Å². The molecule has 0 amide bonds. The summed E-state index contributed by atoms with van der Waals surface area (Å²) in [6.07, 6.45) is 9.89. The normalized spacial score (nSPS) is 10.9. The summed E-state index contributed by atoms with van der Waals surface area (Å²) in [5.74, 6) is 0.309. The van der Waals surface area contributed by atoms with Crippen LogP contribution in [-0.2, 0) is 13.0 Å². The average Bonchev–Trinajstić information content (AvgIpc) is 3.60. The van der Waals surface area contributed by atoms with Crippen LogP contribution in [0.3, 0.4) is 0 Å². The first-order chi connectivity index (χ1) is 20.0. The van der Waals surface area contributed by atoms with Gasteiger partial charge in [-0.25, -0.2) is 9.37 Å². The van der Waals surface area contributed by atoms with Gasteiger partial charge in [-0.05, 0) is 67.4 Å². The third-order valence-electron chi connectivity index (χ3n) is 6.24. The molecule has 0 bridgehead atoms. The summed E-state index contributed by atoms with van der Waals surface area (Å²) < 4.78 is 14.5. The summed E-state index contributed by atoms with van der Waals surface area (Å²) in [5, 5.41) is 11.6. The highest BCUT2D eigenvalue weighted by Gasteiger charge is 2.19. The predicted molar refractivity (Wildman–Crippen MR) is 168 cm³/mol. The van der Waals surface area contributed by atoms with Crippen molar-refractivity contribution in [2.75, 3.05) is 7.05 Å². The number of aryl methyl sites for hydroxylation is 2. The van der Waals surface area contributed by atoms with Crippen molar-refractivity contribution in [3.8, 4) is 22.8 Å². The van der Waals surface area contributed by atoms with E-state index < -0.39 is 0 Å². The minimum absolute atomic E-state index is 0.300. The topological polar surface area (TPSA) is 95.2 Å². The number of rotatable bonds is 8. The van der Waals surface area contributed by atoms with E-state index in [2.05, 4.69) is 63.2 Å². The number of benzene rings is 1. The highest BCUT2D eigenvalue weighted by atomic mass is 19.1. The third-order valence-corrected chi connectivity index (χ3v) is 6.24. The third kappa shape index (κ3) is 6.91. The Bertz CT molecular complexity index is 1640. The number of allylic oxidation sites excluding steroid dienone is 2. The Morgan fingerprint density at radius 2 is 1.83 bits per heavy atom. The van der Waals surface area contributed by atoms with Crippen molar-refractivity contribution in [3.63, 3.8) is 0 Å². The summed E-state index contributed by atoms with van der Waals surface area (Å²) in [6, 6.07) is 9.11. The van der Waals surface area contributed by atoms with Crippen molar-refractivity contribution >= 4 is 16.5 Å². The van der Waals surface area contributed by atoms with E-state index in [-0.39, 0.29) is 5.82 Å². The van der Waals surface area contributed by atoms with Crippen LogP contribution in [0.4, 0.5) is 4.39 Å². The van der Waals surface area contributed by atoms with Gasteiger partial charge in [-0.15, -0.1) is 13.2 Å². The fourth-order valence-electron chi connectivity index (χ4n) is 4.45. The van der Waals surface area contributed by atoms with E-state index in [9.17, 15) is 4.39 Å². The highest BCUT2D eigenvalue weighted by Crippen LogP contribution is 2.32. The summed E-state index contributed by atoms with van der Waals surface area (Å²) in [7, 11) is 1.83. The van der Waals surface area contributed by atoms with Crippen molar-refractivity contribution < 1.29 is 4.39 Å². The molecule has 0 aliphatic carbocycles. The molecule has 0 aliphatic heterocycles. The number of aromatic nitrogens is 6. The van der Waals surface area contributed by atoms with E-state index in [0.29, 0.717) is 23.8 Å². The highest BCUT2D eigenvalue weighted by molar-refractivity contribution is 5.93. The quantitative estimate of drug-likeness (QED) is 0.136. The van der Waals surface area contributed by atoms with Crippen LogP contribution in [0.15, 0.2) is 80.8 Å². The maximum atomic E-state index is 14.5. The van der Waals surface area contributed by atoms with Gasteiger partial charge in [-0.2, -0.15) is 5.10 Å². The molecule has 5 aromatic rings. The second-order valence-electron chi connectivity index (χ2n) is 8.88. The zero-order valence-electron chi connectivity index (χ0n) is 24.5. The molecule has 0 unspecified atom stereocenters. The molecule has 4 heterocycles. The lowest BCUT2D eigenvalue weighted by atomic mass is 9.98. The molecule has 4 aromatic heterocycles. The number of imidazole rings is 1. The Morgan fingerprint density at radius 3 is 2.54 bits per heavy atom. The van der Waals surface area contributed by atoms with Crippen LogP contribution < -0.4 is 5.32 Å². The average molecular weight is 552 g/mol. The fraction of sp³-hybridized carbons (Fsp3) is 0.212. The zero-order valence-corrected chi connectivity index (χ0v) is 24.5.